The van der Waals surface area contributed by atoms with Crippen molar-refractivity contribution in [2.45, 2.75) is 57.9 Å². The highest BCUT2D eigenvalue weighted by Gasteiger charge is 2.36. The van der Waals surface area contributed by atoms with Gasteiger partial charge in [-0.15, -0.1) is 11.3 Å². The first-order valence-corrected chi connectivity index (χ1v) is 12.5. The molecule has 3 heterocycles. The van der Waals surface area contributed by atoms with Crippen molar-refractivity contribution in [2.24, 2.45) is 11.7 Å². The van der Waals surface area contributed by atoms with E-state index in [-0.39, 0.29) is 23.5 Å². The summed E-state index contributed by atoms with van der Waals surface area (Å²) in [6.07, 6.45) is 4.78. The maximum Gasteiger partial charge on any atom is 0.195 e. The molecule has 6 nitrogen and oxygen atoms in total. The van der Waals surface area contributed by atoms with Gasteiger partial charge < -0.3 is 10.6 Å². The van der Waals surface area contributed by atoms with Gasteiger partial charge in [-0.05, 0) is 52.5 Å². The van der Waals surface area contributed by atoms with Gasteiger partial charge in [0.25, 0.3) is 0 Å². The van der Waals surface area contributed by atoms with Gasteiger partial charge in [-0.1, -0.05) is 30.3 Å². The Balaban J connectivity index is 1.69. The Morgan fingerprint density at radius 3 is 2.72 bits per heavy atom. The summed E-state index contributed by atoms with van der Waals surface area (Å²) in [4.78, 5) is 23.6. The Labute approximate surface area is 193 Å². The van der Waals surface area contributed by atoms with Crippen molar-refractivity contribution < 1.29 is 4.79 Å². The molecule has 2 atom stereocenters. The van der Waals surface area contributed by atoms with E-state index >= 15 is 0 Å². The fraction of sp³-hybridized carbons (Fsp3) is 0.480. The Morgan fingerprint density at radius 2 is 2.00 bits per heavy atom. The van der Waals surface area contributed by atoms with E-state index in [4.69, 9.17) is 16.1 Å². The zero-order chi connectivity index (χ0) is 22.4. The van der Waals surface area contributed by atoms with E-state index in [1.54, 1.807) is 11.3 Å². The predicted octanol–water partition coefficient (Wildman–Crippen LogP) is 4.72. The molecular formula is C25H31N5OS. The van der Waals surface area contributed by atoms with E-state index in [0.717, 1.165) is 67.1 Å². The first-order chi connectivity index (χ1) is 15.5. The lowest BCUT2D eigenvalue weighted by molar-refractivity contribution is 0.0776. The van der Waals surface area contributed by atoms with E-state index < -0.39 is 0 Å². The number of likely N-dealkylation sites (tertiary alicyclic amines) is 1. The summed E-state index contributed by atoms with van der Waals surface area (Å²) in [6, 6.07) is 10.5. The molecule has 2 unspecified atom stereocenters. The van der Waals surface area contributed by atoms with Crippen LogP contribution in [0.1, 0.15) is 66.5 Å². The maximum atomic E-state index is 14.1. The number of fused-ring (bicyclic) bond motifs is 3. The van der Waals surface area contributed by atoms with Crippen molar-refractivity contribution in [3.8, 4) is 11.3 Å². The third-order valence-corrected chi connectivity index (χ3v) is 8.14. The van der Waals surface area contributed by atoms with Gasteiger partial charge in [0.15, 0.2) is 10.7 Å². The molecule has 0 radical (unpaired) electrons. The zero-order valence-electron chi connectivity index (χ0n) is 18.8. The summed E-state index contributed by atoms with van der Waals surface area (Å²) >= 11 is 1.66. The number of hydrogen-bond donors (Lipinski definition) is 2. The number of nitrogens with two attached hydrogens (primary N) is 1. The Hall–Kier alpha value is -2.51. The van der Waals surface area contributed by atoms with Crippen molar-refractivity contribution >= 4 is 27.9 Å². The SMILES string of the molecule is CC(C)N1CCCC(C(=O)c2c(-c3ccccc3)nc3sc4c(n23)C(C(=N)N)CCC4)C1. The van der Waals surface area contributed by atoms with Crippen molar-refractivity contribution in [1.82, 2.24) is 14.3 Å². The largest absolute Gasteiger partial charge is 0.387 e. The molecule has 1 aliphatic carbocycles. The topological polar surface area (TPSA) is 87.5 Å². The molecule has 3 N–H and O–H groups in total. The molecule has 32 heavy (non-hydrogen) atoms. The Bertz CT molecular complexity index is 1160. The number of imidazole rings is 1. The molecular weight excluding hydrogens is 418 g/mol. The molecule has 0 spiro atoms. The van der Waals surface area contributed by atoms with Crippen LogP contribution in [0, 0.1) is 11.3 Å². The molecule has 0 bridgehead atoms. The third kappa shape index (κ3) is 3.57. The number of amidine groups is 1. The van der Waals surface area contributed by atoms with Gasteiger partial charge in [0, 0.05) is 34.6 Å². The molecule has 1 fully saturated rings. The van der Waals surface area contributed by atoms with E-state index in [1.807, 2.05) is 30.3 Å². The van der Waals surface area contributed by atoms with Crippen LogP contribution >= 0.6 is 11.3 Å². The van der Waals surface area contributed by atoms with Gasteiger partial charge >= 0.3 is 0 Å². The average molecular weight is 450 g/mol. The number of carbonyl (C=O) groups is 1. The van der Waals surface area contributed by atoms with Crippen molar-refractivity contribution in [2.75, 3.05) is 13.1 Å². The number of hydrogen-bond acceptors (Lipinski definition) is 5. The molecule has 2 aliphatic rings. The molecule has 0 saturated carbocycles. The van der Waals surface area contributed by atoms with Gasteiger partial charge in [0.2, 0.25) is 0 Å². The number of piperidine rings is 1. The van der Waals surface area contributed by atoms with E-state index in [2.05, 4.69) is 23.1 Å². The summed E-state index contributed by atoms with van der Waals surface area (Å²) in [5, 5.41) is 8.21. The molecule has 0 amide bonds. The van der Waals surface area contributed by atoms with Crippen LogP contribution in [0.2, 0.25) is 0 Å². The van der Waals surface area contributed by atoms with Crippen LogP contribution in [0.5, 0.6) is 0 Å². The normalized spacial score (nSPS) is 21.7. The summed E-state index contributed by atoms with van der Waals surface area (Å²) in [6.45, 7) is 6.24. The fourth-order valence-electron chi connectivity index (χ4n) is 5.32. The third-order valence-electron chi connectivity index (χ3n) is 7.02. The summed E-state index contributed by atoms with van der Waals surface area (Å²) in [5.74, 6) is 0.177. The van der Waals surface area contributed by atoms with Gasteiger partial charge in [-0.25, -0.2) is 4.98 Å². The van der Waals surface area contributed by atoms with Gasteiger partial charge in [-0.2, -0.15) is 0 Å². The number of ketones is 1. The van der Waals surface area contributed by atoms with E-state index in [9.17, 15) is 4.79 Å². The van der Waals surface area contributed by atoms with Crippen LogP contribution in [0.4, 0.5) is 0 Å². The van der Waals surface area contributed by atoms with Crippen LogP contribution in [0.3, 0.4) is 0 Å². The summed E-state index contributed by atoms with van der Waals surface area (Å²) in [5.41, 5.74) is 9.48. The molecule has 1 aromatic carbocycles. The molecule has 5 rings (SSSR count). The van der Waals surface area contributed by atoms with E-state index in [0.29, 0.717) is 11.7 Å². The second-order valence-corrected chi connectivity index (χ2v) is 10.5. The average Bonchev–Trinajstić information content (AvgIpc) is 3.35. The van der Waals surface area contributed by atoms with E-state index in [1.165, 1.54) is 4.88 Å². The summed E-state index contributed by atoms with van der Waals surface area (Å²) in [7, 11) is 0. The second kappa shape index (κ2) is 8.45. The predicted molar refractivity (Wildman–Crippen MR) is 130 cm³/mol. The minimum Gasteiger partial charge on any atom is -0.387 e. The number of carbonyl (C=O) groups excluding carboxylic acids is 1. The van der Waals surface area contributed by atoms with Crippen LogP contribution in [0.25, 0.3) is 16.2 Å². The van der Waals surface area contributed by atoms with Gasteiger partial charge in [0.05, 0.1) is 11.8 Å². The number of Topliss-reactive ketones (excluding diaryl/α,β-unsaturated/α-hetero) is 1. The lowest BCUT2D eigenvalue weighted by Gasteiger charge is -2.34. The zero-order valence-corrected chi connectivity index (χ0v) is 19.6. The molecule has 3 aromatic rings. The van der Waals surface area contributed by atoms with Crippen LogP contribution < -0.4 is 5.73 Å². The number of aryl methyl sites for hydroxylation is 1. The molecule has 2 aromatic heterocycles. The van der Waals surface area contributed by atoms with Crippen LogP contribution in [0.15, 0.2) is 30.3 Å². The minimum absolute atomic E-state index is 0.0385. The number of benzene rings is 1. The number of nitrogens with zero attached hydrogens (tertiary/aromatic N) is 3. The molecule has 1 aliphatic heterocycles. The van der Waals surface area contributed by atoms with Crippen molar-refractivity contribution in [3.63, 3.8) is 0 Å². The van der Waals surface area contributed by atoms with Crippen molar-refractivity contribution in [1.29, 1.82) is 5.41 Å². The standard InChI is InChI=1S/C25H31N5OS/c1-15(2)29-13-7-10-17(14-29)23(31)22-20(16-8-4-3-5-9-16)28-25-30(22)21-18(24(26)27)11-6-12-19(21)32-25/h3-5,8-9,15,17-18H,6-7,10-14H2,1-2H3,(H3,26,27). The Kier molecular flexibility index (Phi) is 5.63. The van der Waals surface area contributed by atoms with Crippen LogP contribution in [-0.2, 0) is 6.42 Å². The summed E-state index contributed by atoms with van der Waals surface area (Å²) < 4.78 is 2.07. The van der Waals surface area contributed by atoms with Crippen molar-refractivity contribution in [3.05, 3.63) is 46.6 Å². The van der Waals surface area contributed by atoms with Gasteiger partial charge in [-0.3, -0.25) is 14.6 Å². The highest BCUT2D eigenvalue weighted by Crippen LogP contribution is 2.41. The Morgan fingerprint density at radius 1 is 1.22 bits per heavy atom. The minimum atomic E-state index is -0.143. The quantitative estimate of drug-likeness (QED) is 0.335. The molecule has 7 heteroatoms. The smallest absolute Gasteiger partial charge is 0.195 e. The van der Waals surface area contributed by atoms with Gasteiger partial charge in [0.1, 0.15) is 11.4 Å². The first-order valence-electron chi connectivity index (χ1n) is 11.7. The number of nitrogens with one attached hydrogen (secondary N) is 1. The number of rotatable bonds is 5. The number of thiazole rings is 1. The van der Waals surface area contributed by atoms with Crippen LogP contribution in [-0.4, -0.2) is 45.0 Å². The highest BCUT2D eigenvalue weighted by atomic mass is 32.1. The lowest BCUT2D eigenvalue weighted by atomic mass is 9.88. The second-order valence-electron chi connectivity index (χ2n) is 9.40. The molecule has 1 saturated heterocycles. The highest BCUT2D eigenvalue weighted by molar-refractivity contribution is 7.17. The first kappa shape index (κ1) is 21.3. The number of aromatic nitrogens is 2. The lowest BCUT2D eigenvalue weighted by Crippen LogP contribution is -2.42. The monoisotopic (exact) mass is 449 g/mol. The fourth-order valence-corrected chi connectivity index (χ4v) is 6.54. The molecule has 168 valence electrons. The maximum absolute atomic E-state index is 14.1.